The molecular formula is C10H16N2O4. The third kappa shape index (κ3) is 3.52. The number of nitrogens with zero attached hydrogens (tertiary/aromatic N) is 1. The summed E-state index contributed by atoms with van der Waals surface area (Å²) in [6.45, 7) is 3.27. The molecule has 0 aromatic heterocycles. The average Bonchev–Trinajstić information content (AvgIpc) is 2.26. The van der Waals surface area contributed by atoms with E-state index < -0.39 is 11.9 Å². The minimum absolute atomic E-state index is 0.0630. The number of carbonyl (C=O) groups is 3. The van der Waals surface area contributed by atoms with Gasteiger partial charge in [-0.15, -0.1) is 0 Å². The second-order valence-electron chi connectivity index (χ2n) is 3.96. The van der Waals surface area contributed by atoms with E-state index in [0.29, 0.717) is 19.6 Å². The zero-order valence-corrected chi connectivity index (χ0v) is 9.23. The maximum absolute atomic E-state index is 11.0. The number of aliphatic carboxylic acids is 1. The van der Waals surface area contributed by atoms with Gasteiger partial charge in [0, 0.05) is 26.6 Å². The molecule has 1 heterocycles. The molecule has 0 bridgehead atoms. The number of nitrogens with one attached hydrogen (secondary N) is 1. The smallest absolute Gasteiger partial charge is 0.394 e. The molecule has 6 nitrogen and oxygen atoms in total. The Balaban J connectivity index is 2.25. The molecule has 0 atom stereocenters. The lowest BCUT2D eigenvalue weighted by molar-refractivity contribution is -0.150. The summed E-state index contributed by atoms with van der Waals surface area (Å²) in [6, 6.07) is 0. The first-order valence-corrected chi connectivity index (χ1v) is 5.27. The molecule has 6 heteroatoms. The third-order valence-corrected chi connectivity index (χ3v) is 2.81. The molecule has 1 fully saturated rings. The standard InChI is InChI=1S/C10H16N2O4/c1-7(13)12-4-2-8(3-5-12)6-11-9(14)10(15)16/h8H,2-6H2,1H3,(H,11,14)(H,15,16). The maximum atomic E-state index is 11.0. The summed E-state index contributed by atoms with van der Waals surface area (Å²) in [5, 5.41) is 10.7. The number of hydrogen-bond acceptors (Lipinski definition) is 3. The number of amides is 2. The van der Waals surface area contributed by atoms with Crippen LogP contribution in [0.4, 0.5) is 0 Å². The van der Waals surface area contributed by atoms with Gasteiger partial charge in [0.25, 0.3) is 0 Å². The van der Waals surface area contributed by atoms with Crippen LogP contribution in [-0.4, -0.2) is 47.4 Å². The number of likely N-dealkylation sites (tertiary alicyclic amines) is 1. The van der Waals surface area contributed by atoms with Crippen LogP contribution in [0.15, 0.2) is 0 Å². The van der Waals surface area contributed by atoms with E-state index in [1.807, 2.05) is 0 Å². The van der Waals surface area contributed by atoms with Gasteiger partial charge < -0.3 is 15.3 Å². The van der Waals surface area contributed by atoms with Gasteiger partial charge in [-0.3, -0.25) is 9.59 Å². The molecule has 1 saturated heterocycles. The van der Waals surface area contributed by atoms with Gasteiger partial charge >= 0.3 is 11.9 Å². The van der Waals surface area contributed by atoms with E-state index in [1.54, 1.807) is 4.90 Å². The summed E-state index contributed by atoms with van der Waals surface area (Å²) >= 11 is 0. The van der Waals surface area contributed by atoms with Crippen molar-refractivity contribution in [3.63, 3.8) is 0 Å². The second kappa shape index (κ2) is 5.48. The number of carboxylic acids is 1. The molecule has 0 spiro atoms. The lowest BCUT2D eigenvalue weighted by Crippen LogP contribution is -2.41. The molecular weight excluding hydrogens is 212 g/mol. The Morgan fingerprint density at radius 1 is 1.31 bits per heavy atom. The van der Waals surface area contributed by atoms with Crippen molar-refractivity contribution in [3.05, 3.63) is 0 Å². The summed E-state index contributed by atoms with van der Waals surface area (Å²) in [5.41, 5.74) is 0. The number of hydrogen-bond donors (Lipinski definition) is 2. The highest BCUT2D eigenvalue weighted by Gasteiger charge is 2.21. The van der Waals surface area contributed by atoms with Crippen molar-refractivity contribution in [2.24, 2.45) is 5.92 Å². The molecule has 0 radical (unpaired) electrons. The summed E-state index contributed by atoms with van der Waals surface area (Å²) in [4.78, 5) is 33.8. The Kier molecular flexibility index (Phi) is 4.28. The highest BCUT2D eigenvalue weighted by Crippen LogP contribution is 2.16. The molecule has 1 rings (SSSR count). The van der Waals surface area contributed by atoms with E-state index >= 15 is 0 Å². The van der Waals surface area contributed by atoms with Crippen molar-refractivity contribution in [1.29, 1.82) is 0 Å². The van der Waals surface area contributed by atoms with E-state index in [0.717, 1.165) is 12.8 Å². The molecule has 2 N–H and O–H groups in total. The van der Waals surface area contributed by atoms with E-state index in [2.05, 4.69) is 5.32 Å². The molecule has 1 aliphatic rings. The van der Waals surface area contributed by atoms with Gasteiger partial charge in [-0.25, -0.2) is 4.79 Å². The summed E-state index contributed by atoms with van der Waals surface area (Å²) < 4.78 is 0. The molecule has 0 saturated carbocycles. The van der Waals surface area contributed by atoms with Crippen LogP contribution in [0.25, 0.3) is 0 Å². The van der Waals surface area contributed by atoms with Crippen LogP contribution in [0, 0.1) is 5.92 Å². The molecule has 2 amide bonds. The van der Waals surface area contributed by atoms with E-state index in [1.165, 1.54) is 6.92 Å². The van der Waals surface area contributed by atoms with Gasteiger partial charge in [-0.2, -0.15) is 0 Å². The van der Waals surface area contributed by atoms with E-state index in [4.69, 9.17) is 5.11 Å². The zero-order chi connectivity index (χ0) is 12.1. The van der Waals surface area contributed by atoms with Crippen molar-refractivity contribution in [1.82, 2.24) is 10.2 Å². The van der Waals surface area contributed by atoms with Crippen LogP contribution in [0.1, 0.15) is 19.8 Å². The zero-order valence-electron chi connectivity index (χ0n) is 9.23. The van der Waals surface area contributed by atoms with E-state index in [9.17, 15) is 14.4 Å². The lowest BCUT2D eigenvalue weighted by atomic mass is 9.97. The van der Waals surface area contributed by atoms with Crippen molar-refractivity contribution < 1.29 is 19.5 Å². The van der Waals surface area contributed by atoms with Crippen molar-refractivity contribution >= 4 is 17.8 Å². The highest BCUT2D eigenvalue weighted by molar-refractivity contribution is 6.31. The first kappa shape index (κ1) is 12.5. The van der Waals surface area contributed by atoms with Crippen LogP contribution in [0.3, 0.4) is 0 Å². The van der Waals surface area contributed by atoms with Crippen molar-refractivity contribution in [2.45, 2.75) is 19.8 Å². The third-order valence-electron chi connectivity index (χ3n) is 2.81. The molecule has 90 valence electrons. The first-order valence-electron chi connectivity index (χ1n) is 5.27. The predicted molar refractivity (Wildman–Crippen MR) is 55.6 cm³/mol. The number of carbonyl (C=O) groups excluding carboxylic acids is 2. The molecule has 0 unspecified atom stereocenters. The van der Waals surface area contributed by atoms with Gasteiger partial charge in [-0.1, -0.05) is 0 Å². The summed E-state index contributed by atoms with van der Waals surface area (Å²) in [7, 11) is 0. The fourth-order valence-corrected chi connectivity index (χ4v) is 1.76. The molecule has 16 heavy (non-hydrogen) atoms. The average molecular weight is 228 g/mol. The van der Waals surface area contributed by atoms with Gasteiger partial charge in [0.2, 0.25) is 5.91 Å². The lowest BCUT2D eigenvalue weighted by Gasteiger charge is -2.31. The number of rotatable bonds is 2. The maximum Gasteiger partial charge on any atom is 0.394 e. The molecule has 0 aromatic rings. The molecule has 0 aromatic carbocycles. The predicted octanol–water partition coefficient (Wildman–Crippen LogP) is -0.554. The quantitative estimate of drug-likeness (QED) is 0.621. The highest BCUT2D eigenvalue weighted by atomic mass is 16.4. The summed E-state index contributed by atoms with van der Waals surface area (Å²) in [6.07, 6.45) is 1.61. The Morgan fingerprint density at radius 2 is 1.88 bits per heavy atom. The fourth-order valence-electron chi connectivity index (χ4n) is 1.76. The Morgan fingerprint density at radius 3 is 2.31 bits per heavy atom. The van der Waals surface area contributed by atoms with Gasteiger partial charge in [0.1, 0.15) is 0 Å². The Bertz CT molecular complexity index is 295. The minimum Gasteiger partial charge on any atom is -0.474 e. The van der Waals surface area contributed by atoms with Crippen LogP contribution in [0.2, 0.25) is 0 Å². The molecule has 0 aliphatic carbocycles. The van der Waals surface area contributed by atoms with Gasteiger partial charge in [-0.05, 0) is 18.8 Å². The van der Waals surface area contributed by atoms with Crippen LogP contribution < -0.4 is 5.32 Å². The van der Waals surface area contributed by atoms with Crippen LogP contribution in [0.5, 0.6) is 0 Å². The van der Waals surface area contributed by atoms with Gasteiger partial charge in [0.15, 0.2) is 0 Å². The van der Waals surface area contributed by atoms with E-state index in [-0.39, 0.29) is 11.8 Å². The largest absolute Gasteiger partial charge is 0.474 e. The normalized spacial score (nSPS) is 16.9. The van der Waals surface area contributed by atoms with Crippen LogP contribution >= 0.6 is 0 Å². The monoisotopic (exact) mass is 228 g/mol. The Labute approximate surface area is 93.6 Å². The van der Waals surface area contributed by atoms with Crippen molar-refractivity contribution in [3.8, 4) is 0 Å². The topological polar surface area (TPSA) is 86.7 Å². The molecule has 1 aliphatic heterocycles. The van der Waals surface area contributed by atoms with Gasteiger partial charge in [0.05, 0.1) is 0 Å². The fraction of sp³-hybridized carbons (Fsp3) is 0.700. The first-order chi connectivity index (χ1) is 7.50. The SMILES string of the molecule is CC(=O)N1CCC(CNC(=O)C(=O)O)CC1. The van der Waals surface area contributed by atoms with Crippen LogP contribution in [-0.2, 0) is 14.4 Å². The summed E-state index contributed by atoms with van der Waals surface area (Å²) in [5.74, 6) is -2.10. The number of piperidine rings is 1. The number of carboxylic acid groups (broad SMARTS) is 1. The Hall–Kier alpha value is -1.59. The second-order valence-corrected chi connectivity index (χ2v) is 3.96. The minimum atomic E-state index is -1.46. The van der Waals surface area contributed by atoms with Crippen molar-refractivity contribution in [2.75, 3.05) is 19.6 Å².